The number of aromatic hydroxyl groups is 1. The van der Waals surface area contributed by atoms with Gasteiger partial charge in [0.05, 0.1) is 27.4 Å². The second-order valence-corrected chi connectivity index (χ2v) is 9.57. The first kappa shape index (κ1) is 25.6. The van der Waals surface area contributed by atoms with E-state index in [0.29, 0.717) is 28.6 Å². The second kappa shape index (κ2) is 10.8. The number of benzene rings is 4. The molecule has 1 heterocycles. The van der Waals surface area contributed by atoms with Gasteiger partial charge in [0.1, 0.15) is 5.54 Å². The summed E-state index contributed by atoms with van der Waals surface area (Å²) < 4.78 is 17.0. The Morgan fingerprint density at radius 2 is 1.47 bits per heavy atom. The van der Waals surface area contributed by atoms with E-state index in [-0.39, 0.29) is 24.9 Å². The van der Waals surface area contributed by atoms with Gasteiger partial charge < -0.3 is 24.2 Å². The van der Waals surface area contributed by atoms with E-state index in [1.54, 1.807) is 12.1 Å². The Balaban J connectivity index is 1.57. The maximum atomic E-state index is 13.9. The lowest BCUT2D eigenvalue weighted by Gasteiger charge is -2.40. The Bertz CT molecular complexity index is 1420. The van der Waals surface area contributed by atoms with Crippen LogP contribution in [0.4, 0.5) is 0 Å². The zero-order chi connectivity index (χ0) is 26.7. The number of amides is 1. The quantitative estimate of drug-likeness (QED) is 0.280. The summed E-state index contributed by atoms with van der Waals surface area (Å²) in [6.45, 7) is 0.800. The van der Waals surface area contributed by atoms with Crippen LogP contribution in [0.1, 0.15) is 32.6 Å². The van der Waals surface area contributed by atoms with Crippen LogP contribution in [0.5, 0.6) is 17.2 Å². The van der Waals surface area contributed by atoms with E-state index in [0.717, 1.165) is 22.3 Å². The lowest BCUT2D eigenvalue weighted by Crippen LogP contribution is -2.47. The maximum absolute atomic E-state index is 13.9. The molecule has 0 spiro atoms. The normalized spacial score (nSPS) is 16.4. The molecule has 0 bridgehead atoms. The Morgan fingerprint density at radius 3 is 2.13 bits per heavy atom. The topological polar surface area (TPSA) is 68.2 Å². The smallest absolute Gasteiger partial charge is 0.255 e. The highest BCUT2D eigenvalue weighted by molar-refractivity contribution is 6.30. The summed E-state index contributed by atoms with van der Waals surface area (Å²) in [7, 11) is 2.97. The molecule has 1 aliphatic heterocycles. The van der Waals surface area contributed by atoms with Gasteiger partial charge >= 0.3 is 0 Å². The summed E-state index contributed by atoms with van der Waals surface area (Å²) in [5.41, 5.74) is 3.31. The van der Waals surface area contributed by atoms with Crippen molar-refractivity contribution in [2.45, 2.75) is 18.7 Å². The largest absolute Gasteiger partial charge is 0.502 e. The highest BCUT2D eigenvalue weighted by atomic mass is 35.5. The first-order chi connectivity index (χ1) is 18.5. The number of methoxy groups -OCH3 is 2. The van der Waals surface area contributed by atoms with Crippen LogP contribution in [-0.2, 0) is 23.4 Å². The molecule has 1 N–H and O–H groups in total. The van der Waals surface area contributed by atoms with Gasteiger partial charge in [-0.25, -0.2) is 0 Å². The third-order valence-electron chi connectivity index (χ3n) is 6.93. The predicted octanol–water partition coefficient (Wildman–Crippen LogP) is 6.18. The molecule has 6 nitrogen and oxygen atoms in total. The van der Waals surface area contributed by atoms with Crippen molar-refractivity contribution in [3.8, 4) is 17.2 Å². The fourth-order valence-electron chi connectivity index (χ4n) is 5.09. The van der Waals surface area contributed by atoms with Gasteiger partial charge in [0.2, 0.25) is 5.75 Å². The first-order valence-electron chi connectivity index (χ1n) is 12.2. The molecule has 7 heteroatoms. The summed E-state index contributed by atoms with van der Waals surface area (Å²) in [6.07, 6.45) is 0. The van der Waals surface area contributed by atoms with E-state index < -0.39 is 5.54 Å². The Labute approximate surface area is 227 Å². The Morgan fingerprint density at radius 1 is 0.842 bits per heavy atom. The van der Waals surface area contributed by atoms with Crippen LogP contribution in [0.3, 0.4) is 0 Å². The monoisotopic (exact) mass is 529 g/mol. The number of fused-ring (bicyclic) bond motifs is 1. The molecular weight excluding hydrogens is 502 g/mol. The molecule has 4 aromatic carbocycles. The number of carbonyl (C=O) groups is 1. The van der Waals surface area contributed by atoms with Gasteiger partial charge in [-0.05, 0) is 52.6 Å². The molecule has 0 aromatic heterocycles. The van der Waals surface area contributed by atoms with E-state index in [9.17, 15) is 9.90 Å². The zero-order valence-corrected chi connectivity index (χ0v) is 21.9. The van der Waals surface area contributed by atoms with Crippen molar-refractivity contribution in [2.75, 3.05) is 20.8 Å². The molecule has 0 aliphatic carbocycles. The first-order valence-corrected chi connectivity index (χ1v) is 12.6. The van der Waals surface area contributed by atoms with Crippen molar-refractivity contribution in [3.63, 3.8) is 0 Å². The van der Waals surface area contributed by atoms with E-state index in [2.05, 4.69) is 0 Å². The summed E-state index contributed by atoms with van der Waals surface area (Å²) in [6, 6.07) is 28.6. The van der Waals surface area contributed by atoms with Gasteiger partial charge in [-0.1, -0.05) is 72.3 Å². The summed E-state index contributed by atoms with van der Waals surface area (Å²) in [5, 5.41) is 10.9. The number of rotatable bonds is 9. The van der Waals surface area contributed by atoms with Crippen molar-refractivity contribution in [3.05, 3.63) is 124 Å². The molecule has 5 rings (SSSR count). The number of nitrogens with zero attached hydrogens (tertiary/aromatic N) is 1. The van der Waals surface area contributed by atoms with Crippen molar-refractivity contribution >= 4 is 17.5 Å². The molecule has 1 amide bonds. The SMILES string of the molecule is COc1cc(COCC2(c3ccc(Cl)cc3)c3ccccc3C(=O)N2Cc2ccccc2)cc(OC)c1O. The molecule has 0 saturated heterocycles. The molecule has 0 fully saturated rings. The number of hydrogen-bond acceptors (Lipinski definition) is 5. The van der Waals surface area contributed by atoms with Crippen LogP contribution in [0, 0.1) is 0 Å². The number of ether oxygens (including phenoxy) is 3. The lowest BCUT2D eigenvalue weighted by atomic mass is 9.83. The Hall–Kier alpha value is -4.00. The Kier molecular flexibility index (Phi) is 7.27. The average molecular weight is 530 g/mol. The number of hydrogen-bond donors (Lipinski definition) is 1. The average Bonchev–Trinajstić information content (AvgIpc) is 3.18. The molecular formula is C31H28ClNO5. The second-order valence-electron chi connectivity index (χ2n) is 9.13. The molecule has 38 heavy (non-hydrogen) atoms. The number of halogens is 1. The van der Waals surface area contributed by atoms with Gasteiger partial charge in [0.25, 0.3) is 5.91 Å². The fraction of sp³-hybridized carbons (Fsp3) is 0.194. The minimum atomic E-state index is -0.890. The van der Waals surface area contributed by atoms with E-state index in [1.807, 2.05) is 83.8 Å². The maximum Gasteiger partial charge on any atom is 0.255 e. The predicted molar refractivity (Wildman–Crippen MR) is 146 cm³/mol. The summed E-state index contributed by atoms with van der Waals surface area (Å²) >= 11 is 6.26. The molecule has 1 aliphatic rings. The van der Waals surface area contributed by atoms with Crippen molar-refractivity contribution in [2.24, 2.45) is 0 Å². The molecule has 0 radical (unpaired) electrons. The van der Waals surface area contributed by atoms with Gasteiger partial charge in [0, 0.05) is 17.1 Å². The zero-order valence-electron chi connectivity index (χ0n) is 21.2. The molecule has 0 saturated carbocycles. The fourth-order valence-corrected chi connectivity index (χ4v) is 5.22. The van der Waals surface area contributed by atoms with Gasteiger partial charge in [-0.15, -0.1) is 0 Å². The van der Waals surface area contributed by atoms with Gasteiger partial charge in [0.15, 0.2) is 11.5 Å². The van der Waals surface area contributed by atoms with Gasteiger partial charge in [-0.3, -0.25) is 4.79 Å². The van der Waals surface area contributed by atoms with Crippen LogP contribution in [0.25, 0.3) is 0 Å². The minimum Gasteiger partial charge on any atom is -0.502 e. The number of carbonyl (C=O) groups excluding carboxylic acids is 1. The van der Waals surface area contributed by atoms with Crippen molar-refractivity contribution in [1.29, 1.82) is 0 Å². The summed E-state index contributed by atoms with van der Waals surface area (Å²) in [4.78, 5) is 15.8. The van der Waals surface area contributed by atoms with Crippen LogP contribution in [0.15, 0.2) is 91.0 Å². The standard InChI is InChI=1S/C31H28ClNO5/c1-36-27-16-22(17-28(37-2)29(27)34)19-38-20-31(23-12-14-24(32)15-13-23)26-11-7-6-10-25(26)30(35)33(31)18-21-8-4-3-5-9-21/h3-17,34H,18-20H2,1-2H3. The van der Waals surface area contributed by atoms with Crippen molar-refractivity contribution < 1.29 is 24.1 Å². The van der Waals surface area contributed by atoms with Crippen LogP contribution in [-0.4, -0.2) is 36.7 Å². The van der Waals surface area contributed by atoms with Crippen LogP contribution in [0.2, 0.25) is 5.02 Å². The van der Waals surface area contributed by atoms with Crippen molar-refractivity contribution in [1.82, 2.24) is 4.90 Å². The lowest BCUT2D eigenvalue weighted by molar-refractivity contribution is 0.0117. The van der Waals surface area contributed by atoms with Crippen LogP contribution < -0.4 is 9.47 Å². The van der Waals surface area contributed by atoms with Gasteiger partial charge in [-0.2, -0.15) is 0 Å². The highest BCUT2D eigenvalue weighted by Crippen LogP contribution is 2.46. The minimum absolute atomic E-state index is 0.0593. The van der Waals surface area contributed by atoms with E-state index in [4.69, 9.17) is 25.8 Å². The molecule has 1 unspecified atom stereocenters. The van der Waals surface area contributed by atoms with Crippen LogP contribution >= 0.6 is 11.6 Å². The number of phenols is 1. The number of phenolic OH excluding ortho intramolecular Hbond substituents is 1. The van der Waals surface area contributed by atoms with E-state index in [1.165, 1.54) is 14.2 Å². The van der Waals surface area contributed by atoms with E-state index >= 15 is 0 Å². The molecule has 4 aromatic rings. The highest BCUT2D eigenvalue weighted by Gasteiger charge is 2.51. The molecule has 194 valence electrons. The third-order valence-corrected chi connectivity index (χ3v) is 7.19. The summed E-state index contributed by atoms with van der Waals surface area (Å²) in [5.74, 6) is 0.460. The third kappa shape index (κ3) is 4.57. The molecule has 1 atom stereocenters.